The number of rotatable bonds is 5. The number of fused-ring (bicyclic) bond motifs is 1. The number of para-hydroxylation sites is 1. The molecule has 2 aliphatic rings. The maximum absolute atomic E-state index is 11.9. The van der Waals surface area contributed by atoms with Gasteiger partial charge in [0.2, 0.25) is 5.91 Å². The number of aryl methyl sites for hydroxylation is 1. The van der Waals surface area contributed by atoms with Crippen LogP contribution in [0.15, 0.2) is 42.1 Å². The number of benzene rings is 1. The fraction of sp³-hybridized carbons (Fsp3) is 0.238. The molecule has 0 radical (unpaired) electrons. The third-order valence-corrected chi connectivity index (χ3v) is 5.06. The van der Waals surface area contributed by atoms with Gasteiger partial charge >= 0.3 is 0 Å². The Morgan fingerprint density at radius 2 is 2.07 bits per heavy atom. The number of nitrogens with zero attached hydrogens (tertiary/aromatic N) is 3. The Bertz CT molecular complexity index is 1180. The molecule has 0 unspecified atom stereocenters. The van der Waals surface area contributed by atoms with Gasteiger partial charge in [0.25, 0.3) is 5.91 Å². The van der Waals surface area contributed by atoms with Crippen molar-refractivity contribution >= 4 is 40.9 Å². The fourth-order valence-corrected chi connectivity index (χ4v) is 3.35. The lowest BCUT2D eigenvalue weighted by Crippen LogP contribution is -2.19. The zero-order valence-electron chi connectivity index (χ0n) is 15.9. The van der Waals surface area contributed by atoms with Gasteiger partial charge in [0.15, 0.2) is 5.65 Å². The Hall–Kier alpha value is -3.68. The van der Waals surface area contributed by atoms with E-state index in [0.29, 0.717) is 28.6 Å². The van der Waals surface area contributed by atoms with E-state index in [1.807, 2.05) is 37.3 Å². The summed E-state index contributed by atoms with van der Waals surface area (Å²) in [5.41, 5.74) is 3.81. The molecule has 3 aromatic rings. The SMILES string of the molecule is Cc1ccccc1Nc1cc(NC2CC2)n2ncc(/C=C3\CC(=O)NC3=O)c2n1. The van der Waals surface area contributed by atoms with Crippen molar-refractivity contribution in [3.63, 3.8) is 0 Å². The van der Waals surface area contributed by atoms with Crippen LogP contribution in [0.25, 0.3) is 11.7 Å². The van der Waals surface area contributed by atoms with Crippen LogP contribution < -0.4 is 16.0 Å². The summed E-state index contributed by atoms with van der Waals surface area (Å²) in [7, 11) is 0. The van der Waals surface area contributed by atoms with Crippen molar-refractivity contribution in [1.29, 1.82) is 0 Å². The predicted molar refractivity (Wildman–Crippen MR) is 110 cm³/mol. The molecule has 1 saturated heterocycles. The number of carbonyl (C=O) groups excluding carboxylic acids is 2. The molecule has 1 aliphatic carbocycles. The largest absolute Gasteiger partial charge is 0.367 e. The molecule has 2 fully saturated rings. The number of imide groups is 1. The van der Waals surface area contributed by atoms with Gasteiger partial charge in [0, 0.05) is 28.9 Å². The first-order valence-electron chi connectivity index (χ1n) is 9.59. The summed E-state index contributed by atoms with van der Waals surface area (Å²) < 4.78 is 1.74. The topological polar surface area (TPSA) is 100 Å². The lowest BCUT2D eigenvalue weighted by atomic mass is 10.1. The van der Waals surface area contributed by atoms with Gasteiger partial charge < -0.3 is 10.6 Å². The van der Waals surface area contributed by atoms with Crippen LogP contribution in [0.2, 0.25) is 0 Å². The van der Waals surface area contributed by atoms with Crippen molar-refractivity contribution in [1.82, 2.24) is 19.9 Å². The van der Waals surface area contributed by atoms with Crippen LogP contribution >= 0.6 is 0 Å². The number of aromatic nitrogens is 3. The molecule has 5 rings (SSSR count). The average Bonchev–Trinajstić information content (AvgIpc) is 3.33. The molecule has 0 spiro atoms. The lowest BCUT2D eigenvalue weighted by Gasteiger charge is -2.13. The highest BCUT2D eigenvalue weighted by atomic mass is 16.2. The third kappa shape index (κ3) is 3.44. The predicted octanol–water partition coefficient (Wildman–Crippen LogP) is 2.79. The Morgan fingerprint density at radius 1 is 1.24 bits per heavy atom. The Balaban J connectivity index is 1.59. The van der Waals surface area contributed by atoms with E-state index in [2.05, 4.69) is 21.0 Å². The Morgan fingerprint density at radius 3 is 2.79 bits per heavy atom. The number of carbonyl (C=O) groups is 2. The highest BCUT2D eigenvalue weighted by Gasteiger charge is 2.25. The second-order valence-electron chi connectivity index (χ2n) is 7.44. The first kappa shape index (κ1) is 17.4. The molecule has 3 heterocycles. The second-order valence-corrected chi connectivity index (χ2v) is 7.44. The summed E-state index contributed by atoms with van der Waals surface area (Å²) in [4.78, 5) is 28.2. The highest BCUT2D eigenvalue weighted by Crippen LogP contribution is 2.29. The van der Waals surface area contributed by atoms with E-state index in [1.165, 1.54) is 0 Å². The number of hydrogen-bond acceptors (Lipinski definition) is 6. The molecule has 1 saturated carbocycles. The zero-order chi connectivity index (χ0) is 20.0. The van der Waals surface area contributed by atoms with Crippen LogP contribution in [0, 0.1) is 6.92 Å². The van der Waals surface area contributed by atoms with E-state index in [9.17, 15) is 9.59 Å². The van der Waals surface area contributed by atoms with E-state index in [0.717, 1.165) is 29.9 Å². The molecule has 29 heavy (non-hydrogen) atoms. The molecule has 146 valence electrons. The van der Waals surface area contributed by atoms with Crippen molar-refractivity contribution in [2.24, 2.45) is 0 Å². The molecule has 0 bridgehead atoms. The summed E-state index contributed by atoms with van der Waals surface area (Å²) in [5, 5.41) is 13.6. The van der Waals surface area contributed by atoms with Crippen LogP contribution in [-0.2, 0) is 9.59 Å². The van der Waals surface area contributed by atoms with Crippen molar-refractivity contribution in [2.45, 2.75) is 32.2 Å². The van der Waals surface area contributed by atoms with Gasteiger partial charge in [-0.1, -0.05) is 18.2 Å². The molecule has 2 aromatic heterocycles. The Labute approximate surface area is 167 Å². The van der Waals surface area contributed by atoms with Gasteiger partial charge in [-0.05, 0) is 37.5 Å². The average molecular weight is 388 g/mol. The Kier molecular flexibility index (Phi) is 4.04. The number of nitrogens with one attached hydrogen (secondary N) is 3. The number of anilines is 3. The fourth-order valence-electron chi connectivity index (χ4n) is 3.35. The maximum atomic E-state index is 11.9. The van der Waals surface area contributed by atoms with Gasteiger partial charge in [-0.25, -0.2) is 4.98 Å². The van der Waals surface area contributed by atoms with Crippen molar-refractivity contribution < 1.29 is 9.59 Å². The minimum Gasteiger partial charge on any atom is -0.367 e. The first-order valence-corrected chi connectivity index (χ1v) is 9.59. The van der Waals surface area contributed by atoms with E-state index < -0.39 is 0 Å². The van der Waals surface area contributed by atoms with Crippen LogP contribution in [0.4, 0.5) is 17.3 Å². The van der Waals surface area contributed by atoms with Crippen LogP contribution in [0.5, 0.6) is 0 Å². The zero-order valence-corrected chi connectivity index (χ0v) is 15.9. The normalized spacial score (nSPS) is 17.8. The molecule has 3 N–H and O–H groups in total. The van der Waals surface area contributed by atoms with Gasteiger partial charge in [0.1, 0.15) is 11.6 Å². The van der Waals surface area contributed by atoms with Crippen LogP contribution in [0.3, 0.4) is 0 Å². The molecule has 8 heteroatoms. The van der Waals surface area contributed by atoms with E-state index in [4.69, 9.17) is 4.98 Å². The summed E-state index contributed by atoms with van der Waals surface area (Å²) in [6, 6.07) is 10.4. The molecular weight excluding hydrogens is 368 g/mol. The standard InChI is InChI=1S/C21H20N6O2/c1-12-4-2-3-5-16(12)24-17-10-18(23-15-6-7-15)27-20(25-17)14(11-22-27)8-13-9-19(28)26-21(13)29/h2-5,8,10-11,15,23H,6-7,9H2,1H3,(H,24,25)(H,26,28,29)/b13-8+. The second kappa shape index (κ2) is 6.73. The minimum atomic E-state index is -0.361. The third-order valence-electron chi connectivity index (χ3n) is 5.06. The van der Waals surface area contributed by atoms with Gasteiger partial charge in [0.05, 0.1) is 12.6 Å². The molecule has 2 amide bonds. The number of hydrogen-bond donors (Lipinski definition) is 3. The molecule has 0 atom stereocenters. The first-order chi connectivity index (χ1) is 14.1. The quantitative estimate of drug-likeness (QED) is 0.459. The van der Waals surface area contributed by atoms with Gasteiger partial charge in [-0.15, -0.1) is 0 Å². The van der Waals surface area contributed by atoms with Crippen molar-refractivity contribution in [3.8, 4) is 0 Å². The van der Waals surface area contributed by atoms with Crippen molar-refractivity contribution in [3.05, 3.63) is 53.2 Å². The summed E-state index contributed by atoms with van der Waals surface area (Å²) in [6.45, 7) is 2.04. The highest BCUT2D eigenvalue weighted by molar-refractivity contribution is 6.15. The summed E-state index contributed by atoms with van der Waals surface area (Å²) >= 11 is 0. The summed E-state index contributed by atoms with van der Waals surface area (Å²) in [6.07, 6.45) is 5.69. The van der Waals surface area contributed by atoms with E-state index >= 15 is 0 Å². The van der Waals surface area contributed by atoms with Crippen molar-refractivity contribution in [2.75, 3.05) is 10.6 Å². The molecule has 8 nitrogen and oxygen atoms in total. The molecular formula is C21H20N6O2. The monoisotopic (exact) mass is 388 g/mol. The van der Waals surface area contributed by atoms with Gasteiger partial charge in [-0.2, -0.15) is 9.61 Å². The molecule has 1 aliphatic heterocycles. The van der Waals surface area contributed by atoms with Gasteiger partial charge in [-0.3, -0.25) is 14.9 Å². The van der Waals surface area contributed by atoms with Crippen LogP contribution in [-0.4, -0.2) is 32.5 Å². The lowest BCUT2D eigenvalue weighted by molar-refractivity contribution is -0.124. The maximum Gasteiger partial charge on any atom is 0.254 e. The smallest absolute Gasteiger partial charge is 0.254 e. The minimum absolute atomic E-state index is 0.0739. The number of amides is 2. The summed E-state index contributed by atoms with van der Waals surface area (Å²) in [5.74, 6) is 0.871. The van der Waals surface area contributed by atoms with E-state index in [-0.39, 0.29) is 18.2 Å². The van der Waals surface area contributed by atoms with Crippen LogP contribution in [0.1, 0.15) is 30.4 Å². The molecule has 1 aromatic carbocycles. The van der Waals surface area contributed by atoms with E-state index in [1.54, 1.807) is 16.8 Å².